The van der Waals surface area contributed by atoms with Crippen molar-refractivity contribution in [3.05, 3.63) is 0 Å². The fourth-order valence-electron chi connectivity index (χ4n) is 7.59. The summed E-state index contributed by atoms with van der Waals surface area (Å²) in [6.45, 7) is 15.9. The Hall–Kier alpha value is -2.88. The van der Waals surface area contributed by atoms with Gasteiger partial charge in [-0.1, -0.05) is 19.3 Å². The van der Waals surface area contributed by atoms with Gasteiger partial charge in [-0.2, -0.15) is 0 Å². The highest BCUT2D eigenvalue weighted by molar-refractivity contribution is 5.85. The average molecular weight is 774 g/mol. The molecule has 304 valence electrons. The van der Waals surface area contributed by atoms with Crippen molar-refractivity contribution in [2.45, 2.75) is 127 Å². The minimum atomic E-state index is -0.479. The molecule has 6 rings (SSSR count). The fraction of sp³-hybridized carbons (Fsp3) is 0.865. The van der Waals surface area contributed by atoms with Crippen molar-refractivity contribution in [3.63, 3.8) is 0 Å². The topological polar surface area (TPSA) is 156 Å². The van der Waals surface area contributed by atoms with Crippen molar-refractivity contribution < 1.29 is 47.7 Å². The predicted octanol–water partition coefficient (Wildman–Crippen LogP) is 3.75. The number of halogens is 1. The molecule has 1 N–H and O–H groups in total. The fourth-order valence-corrected chi connectivity index (χ4v) is 7.59. The van der Waals surface area contributed by atoms with Crippen molar-refractivity contribution in [2.75, 3.05) is 79.9 Å². The normalized spacial score (nSPS) is 23.9. The van der Waals surface area contributed by atoms with E-state index in [0.717, 1.165) is 32.3 Å². The van der Waals surface area contributed by atoms with Crippen LogP contribution in [0.3, 0.4) is 0 Å². The second kappa shape index (κ2) is 18.2. The summed E-state index contributed by atoms with van der Waals surface area (Å²) in [5.74, 6) is 0.0899. The summed E-state index contributed by atoms with van der Waals surface area (Å²) in [6, 6.07) is 0. The molecule has 0 aromatic heterocycles. The van der Waals surface area contributed by atoms with Crippen LogP contribution in [0, 0.1) is 0 Å². The summed E-state index contributed by atoms with van der Waals surface area (Å²) in [7, 11) is 3.75. The molecule has 5 aliphatic heterocycles. The van der Waals surface area contributed by atoms with Crippen LogP contribution >= 0.6 is 12.4 Å². The number of ether oxygens (including phenoxy) is 5. The average Bonchev–Trinajstić information content (AvgIpc) is 3.06. The Kier molecular flexibility index (Phi) is 15.3. The molecule has 0 aromatic rings. The lowest BCUT2D eigenvalue weighted by molar-refractivity contribution is -0.159. The van der Waals surface area contributed by atoms with Crippen molar-refractivity contribution in [3.8, 4) is 0 Å². The number of piperidine rings is 2. The molecule has 6 fully saturated rings. The Balaban J connectivity index is 0.000000217. The predicted molar refractivity (Wildman–Crippen MR) is 199 cm³/mol. The number of carbonyl (C=O) groups is 5. The smallest absolute Gasteiger partial charge is 0.410 e. The third-order valence-corrected chi connectivity index (χ3v) is 10.9. The van der Waals surface area contributed by atoms with E-state index in [-0.39, 0.29) is 78.8 Å². The van der Waals surface area contributed by atoms with E-state index < -0.39 is 11.2 Å². The van der Waals surface area contributed by atoms with Crippen molar-refractivity contribution in [1.82, 2.24) is 24.9 Å². The molecule has 1 saturated carbocycles. The summed E-state index contributed by atoms with van der Waals surface area (Å²) < 4.78 is 26.8. The maximum atomic E-state index is 12.0. The Labute approximate surface area is 321 Å². The number of amides is 5. The van der Waals surface area contributed by atoms with Crippen LogP contribution in [-0.2, 0) is 38.1 Å². The van der Waals surface area contributed by atoms with Gasteiger partial charge in [-0.25, -0.2) is 9.59 Å². The first-order chi connectivity index (χ1) is 24.3. The molecule has 15 nitrogen and oxygen atoms in total. The third kappa shape index (κ3) is 12.1. The van der Waals surface area contributed by atoms with Crippen LogP contribution in [0.2, 0.25) is 0 Å². The standard InChI is InChI=1S/C14H24N2O4.C13H22N2O4.C10H17NO2.ClH/c1-13(2,3)20-12(18)16-7-5-14(6-8-16)10-19-9-11(17)15(14)4;1-12(2,3)19-11(17)15-6-4-13(5-7-15)9-18-8-10(16)14-13;1-11-9(12)7-13-8-10(11)5-3-2-4-6-10;/h5-10H2,1-4H3;4-9H2,1-3H3,(H,14,16);2-8H2,1H3;1H. The van der Waals surface area contributed by atoms with E-state index in [4.69, 9.17) is 23.7 Å². The summed E-state index contributed by atoms with van der Waals surface area (Å²) in [5, 5.41) is 3.00. The second-order valence-corrected chi connectivity index (χ2v) is 17.2. The molecule has 0 radical (unpaired) electrons. The minimum Gasteiger partial charge on any atom is -0.444 e. The summed E-state index contributed by atoms with van der Waals surface area (Å²) >= 11 is 0. The van der Waals surface area contributed by atoms with E-state index in [9.17, 15) is 24.0 Å². The third-order valence-electron chi connectivity index (χ3n) is 10.9. The Morgan fingerprint density at radius 1 is 0.604 bits per heavy atom. The summed E-state index contributed by atoms with van der Waals surface area (Å²) in [5.41, 5.74) is -1.46. The molecule has 0 atom stereocenters. The van der Waals surface area contributed by atoms with Gasteiger partial charge in [0.15, 0.2) is 0 Å². The molecule has 0 aromatic carbocycles. The van der Waals surface area contributed by atoms with Crippen LogP contribution in [0.25, 0.3) is 0 Å². The van der Waals surface area contributed by atoms with Crippen LogP contribution in [0.4, 0.5) is 9.59 Å². The second-order valence-electron chi connectivity index (χ2n) is 17.2. The minimum absolute atomic E-state index is 0. The maximum Gasteiger partial charge on any atom is 0.410 e. The molecule has 53 heavy (non-hydrogen) atoms. The number of rotatable bonds is 0. The van der Waals surface area contributed by atoms with Gasteiger partial charge in [0.05, 0.1) is 36.4 Å². The highest BCUT2D eigenvalue weighted by atomic mass is 35.5. The van der Waals surface area contributed by atoms with Gasteiger partial charge in [0.25, 0.3) is 0 Å². The van der Waals surface area contributed by atoms with Gasteiger partial charge in [0.2, 0.25) is 17.7 Å². The lowest BCUT2D eigenvalue weighted by atomic mass is 9.80. The molecule has 6 aliphatic rings. The van der Waals surface area contributed by atoms with Gasteiger partial charge in [0, 0.05) is 40.3 Å². The van der Waals surface area contributed by atoms with Gasteiger partial charge in [-0.3, -0.25) is 14.4 Å². The molecule has 0 bridgehead atoms. The van der Waals surface area contributed by atoms with E-state index >= 15 is 0 Å². The first-order valence-electron chi connectivity index (χ1n) is 18.8. The maximum absolute atomic E-state index is 12.0. The van der Waals surface area contributed by atoms with Gasteiger partial charge in [-0.05, 0) is 80.1 Å². The van der Waals surface area contributed by atoms with Crippen molar-refractivity contribution >= 4 is 42.3 Å². The molecule has 16 heteroatoms. The van der Waals surface area contributed by atoms with Crippen LogP contribution in [0.15, 0.2) is 0 Å². The number of likely N-dealkylation sites (tertiary alicyclic amines) is 2. The van der Waals surface area contributed by atoms with E-state index in [1.807, 2.05) is 60.5 Å². The number of carbonyl (C=O) groups excluding carboxylic acids is 5. The van der Waals surface area contributed by atoms with E-state index in [0.29, 0.717) is 52.2 Å². The Morgan fingerprint density at radius 3 is 1.42 bits per heavy atom. The van der Waals surface area contributed by atoms with E-state index in [1.165, 1.54) is 19.3 Å². The van der Waals surface area contributed by atoms with Crippen molar-refractivity contribution in [1.29, 1.82) is 0 Å². The molecular weight excluding hydrogens is 710 g/mol. The van der Waals surface area contributed by atoms with Crippen LogP contribution in [-0.4, -0.2) is 157 Å². The van der Waals surface area contributed by atoms with Gasteiger partial charge >= 0.3 is 12.2 Å². The van der Waals surface area contributed by atoms with Crippen LogP contribution < -0.4 is 5.32 Å². The van der Waals surface area contributed by atoms with E-state index in [1.54, 1.807) is 14.7 Å². The lowest BCUT2D eigenvalue weighted by Crippen LogP contribution is -2.62. The zero-order valence-corrected chi connectivity index (χ0v) is 34.0. The Morgan fingerprint density at radius 2 is 1.00 bits per heavy atom. The highest BCUT2D eigenvalue weighted by Crippen LogP contribution is 2.35. The SMILES string of the molecule is CC(C)(C)OC(=O)N1CCC2(CC1)COCC(=O)N2.CN1C(=O)COCC12CCCCC2.CN1C(=O)COCC12CCN(C(=O)OC(C)(C)C)CC2.Cl. The number of likely N-dealkylation sites (N-methyl/N-ethyl adjacent to an activating group) is 2. The molecule has 5 saturated heterocycles. The van der Waals surface area contributed by atoms with Crippen LogP contribution in [0.5, 0.6) is 0 Å². The first kappa shape index (κ1) is 44.5. The van der Waals surface area contributed by atoms with Gasteiger partial charge in [0.1, 0.15) is 31.0 Å². The number of hydrogen-bond acceptors (Lipinski definition) is 10. The molecule has 1 aliphatic carbocycles. The monoisotopic (exact) mass is 773 g/mol. The molecule has 0 unspecified atom stereocenters. The van der Waals surface area contributed by atoms with E-state index in [2.05, 4.69) is 5.32 Å². The number of nitrogens with zero attached hydrogens (tertiary/aromatic N) is 4. The van der Waals surface area contributed by atoms with Crippen molar-refractivity contribution in [2.24, 2.45) is 0 Å². The quantitative estimate of drug-likeness (QED) is 0.385. The number of nitrogens with one attached hydrogen (secondary N) is 1. The molecule has 5 amide bonds. The first-order valence-corrected chi connectivity index (χ1v) is 18.8. The zero-order chi connectivity index (χ0) is 38.4. The van der Waals surface area contributed by atoms with Crippen LogP contribution in [0.1, 0.15) is 99.3 Å². The molecular formula is C37H64ClN5O10. The van der Waals surface area contributed by atoms with Gasteiger partial charge < -0.3 is 48.6 Å². The number of morpholine rings is 3. The number of hydrogen-bond donors (Lipinski definition) is 1. The molecule has 5 heterocycles. The molecule has 3 spiro atoms. The lowest BCUT2D eigenvalue weighted by Gasteiger charge is -2.49. The summed E-state index contributed by atoms with van der Waals surface area (Å²) in [6.07, 6.45) is 8.33. The summed E-state index contributed by atoms with van der Waals surface area (Å²) in [4.78, 5) is 65.7. The highest BCUT2D eigenvalue weighted by Gasteiger charge is 2.45. The Bertz CT molecular complexity index is 1270. The zero-order valence-electron chi connectivity index (χ0n) is 33.2. The largest absolute Gasteiger partial charge is 0.444 e. The van der Waals surface area contributed by atoms with Gasteiger partial charge in [-0.15, -0.1) is 12.4 Å².